The Morgan fingerprint density at radius 2 is 2.38 bits per heavy atom. The highest BCUT2D eigenvalue weighted by Gasteiger charge is 2.29. The minimum atomic E-state index is -0.479. The molecule has 0 aliphatic carbocycles. The molecule has 0 aromatic carbocycles. The molecular weight excluding hydrogens is 340 g/mol. The van der Waals surface area contributed by atoms with Crippen molar-refractivity contribution >= 4 is 38.7 Å². The number of primary amides is 1. The lowest BCUT2D eigenvalue weighted by Crippen LogP contribution is -2.30. The van der Waals surface area contributed by atoms with Crippen molar-refractivity contribution in [3.63, 3.8) is 0 Å². The number of aryl methyl sites for hydroxylation is 1. The lowest BCUT2D eigenvalue weighted by atomic mass is 10.2. The Balaban J connectivity index is 1.73. The fraction of sp³-hybridized carbons (Fsp3) is 0.500. The zero-order chi connectivity index (χ0) is 15.0. The Labute approximate surface area is 129 Å². The molecule has 1 saturated heterocycles. The Kier molecular flexibility index (Phi) is 3.77. The van der Waals surface area contributed by atoms with E-state index in [1.165, 1.54) is 6.33 Å². The Bertz CT molecular complexity index is 688. The largest absolute Gasteiger partial charge is 0.367 e. The number of halogens is 1. The highest BCUT2D eigenvalue weighted by atomic mass is 79.9. The van der Waals surface area contributed by atoms with Crippen LogP contribution in [-0.2, 0) is 16.6 Å². The average molecular weight is 355 g/mol. The number of anilines is 1. The van der Waals surface area contributed by atoms with Crippen LogP contribution in [0.2, 0.25) is 0 Å². The number of nitrogens with one attached hydrogen (secondary N) is 1. The number of ether oxygens (including phenoxy) is 1. The summed E-state index contributed by atoms with van der Waals surface area (Å²) >= 11 is 3.41. The van der Waals surface area contributed by atoms with Gasteiger partial charge in [-0.2, -0.15) is 5.10 Å². The molecule has 1 aliphatic rings. The summed E-state index contributed by atoms with van der Waals surface area (Å²) in [5, 5.41) is 8.32. The molecule has 3 rings (SSSR count). The molecule has 2 aromatic rings. The first-order valence-electron chi connectivity index (χ1n) is 6.58. The van der Waals surface area contributed by atoms with Crippen LogP contribution in [0.1, 0.15) is 12.8 Å². The van der Waals surface area contributed by atoms with E-state index in [0.29, 0.717) is 23.4 Å². The van der Waals surface area contributed by atoms with Crippen molar-refractivity contribution in [2.24, 2.45) is 12.8 Å². The number of carbonyl (C=O) groups excluding carboxylic acids is 1. The van der Waals surface area contributed by atoms with Crippen LogP contribution in [0.4, 0.5) is 5.82 Å². The van der Waals surface area contributed by atoms with E-state index in [-0.39, 0.29) is 6.10 Å². The van der Waals surface area contributed by atoms with Crippen LogP contribution in [0.5, 0.6) is 0 Å². The lowest BCUT2D eigenvalue weighted by molar-refractivity contribution is -0.128. The van der Waals surface area contributed by atoms with Crippen molar-refractivity contribution in [3.8, 4) is 0 Å². The Morgan fingerprint density at radius 3 is 3.10 bits per heavy atom. The summed E-state index contributed by atoms with van der Waals surface area (Å²) in [7, 11) is 1.82. The number of aromatic nitrogens is 4. The number of nitrogens with zero attached hydrogens (tertiary/aromatic N) is 4. The predicted molar refractivity (Wildman–Crippen MR) is 79.6 cm³/mol. The second-order valence-corrected chi connectivity index (χ2v) is 5.69. The second kappa shape index (κ2) is 5.57. The quantitative estimate of drug-likeness (QED) is 0.830. The molecule has 2 atom stereocenters. The van der Waals surface area contributed by atoms with E-state index in [0.717, 1.165) is 17.5 Å². The molecule has 8 nitrogen and oxygen atoms in total. The molecule has 2 unspecified atom stereocenters. The van der Waals surface area contributed by atoms with Gasteiger partial charge in [0.15, 0.2) is 5.65 Å². The van der Waals surface area contributed by atoms with Crippen LogP contribution < -0.4 is 11.1 Å². The molecular formula is C12H15BrN6O2. The van der Waals surface area contributed by atoms with E-state index in [2.05, 4.69) is 36.3 Å². The zero-order valence-corrected chi connectivity index (χ0v) is 13.0. The molecule has 0 spiro atoms. The standard InChI is InChI=1S/C12H15BrN6O2/c1-19-12-8(9(13)18-19)11(16-5-17-12)15-4-6-2-3-7(21-6)10(14)20/h5-7H,2-4H2,1H3,(H2,14,20)(H,15,16,17). The number of hydrogen-bond donors (Lipinski definition) is 2. The molecule has 0 radical (unpaired) electrons. The maximum atomic E-state index is 11.1. The van der Waals surface area contributed by atoms with Gasteiger partial charge in [0.25, 0.3) is 0 Å². The van der Waals surface area contributed by atoms with Crippen LogP contribution in [-0.4, -0.2) is 44.4 Å². The first-order valence-corrected chi connectivity index (χ1v) is 7.37. The van der Waals surface area contributed by atoms with E-state index in [4.69, 9.17) is 10.5 Å². The molecule has 1 aliphatic heterocycles. The summed E-state index contributed by atoms with van der Waals surface area (Å²) in [6, 6.07) is 0. The van der Waals surface area contributed by atoms with Gasteiger partial charge < -0.3 is 15.8 Å². The van der Waals surface area contributed by atoms with Gasteiger partial charge >= 0.3 is 0 Å². The summed E-state index contributed by atoms with van der Waals surface area (Å²) in [4.78, 5) is 19.5. The first-order chi connectivity index (χ1) is 10.1. The van der Waals surface area contributed by atoms with Crippen molar-refractivity contribution in [2.45, 2.75) is 25.0 Å². The third-order valence-electron chi connectivity index (χ3n) is 3.50. The Hall–Kier alpha value is -1.74. The second-order valence-electron chi connectivity index (χ2n) is 4.94. The summed E-state index contributed by atoms with van der Waals surface area (Å²) in [6.45, 7) is 0.553. The number of nitrogens with two attached hydrogens (primary N) is 1. The highest BCUT2D eigenvalue weighted by Crippen LogP contribution is 2.27. The van der Waals surface area contributed by atoms with Crippen molar-refractivity contribution in [1.82, 2.24) is 19.7 Å². The van der Waals surface area contributed by atoms with E-state index in [1.807, 2.05) is 7.05 Å². The van der Waals surface area contributed by atoms with Gasteiger partial charge in [-0.1, -0.05) is 0 Å². The third-order valence-corrected chi connectivity index (χ3v) is 4.06. The first kappa shape index (κ1) is 14.2. The average Bonchev–Trinajstić information content (AvgIpc) is 3.03. The monoisotopic (exact) mass is 354 g/mol. The number of hydrogen-bond acceptors (Lipinski definition) is 6. The maximum Gasteiger partial charge on any atom is 0.246 e. The van der Waals surface area contributed by atoms with Crippen molar-refractivity contribution < 1.29 is 9.53 Å². The fourth-order valence-corrected chi connectivity index (χ4v) is 3.05. The SMILES string of the molecule is Cn1nc(Br)c2c(NCC3CCC(C(N)=O)O3)ncnc21. The number of amides is 1. The molecule has 3 heterocycles. The summed E-state index contributed by atoms with van der Waals surface area (Å²) in [6.07, 6.45) is 2.41. The maximum absolute atomic E-state index is 11.1. The minimum absolute atomic E-state index is 0.0528. The van der Waals surface area contributed by atoms with Crippen LogP contribution in [0.15, 0.2) is 10.9 Å². The van der Waals surface area contributed by atoms with E-state index >= 15 is 0 Å². The number of rotatable bonds is 4. The molecule has 3 N–H and O–H groups in total. The van der Waals surface area contributed by atoms with Gasteiger partial charge in [-0.15, -0.1) is 0 Å². The van der Waals surface area contributed by atoms with Crippen LogP contribution in [0.3, 0.4) is 0 Å². The van der Waals surface area contributed by atoms with Gasteiger partial charge in [-0.05, 0) is 28.8 Å². The summed E-state index contributed by atoms with van der Waals surface area (Å²) < 4.78 is 7.95. The van der Waals surface area contributed by atoms with Crippen molar-refractivity contribution in [1.29, 1.82) is 0 Å². The van der Waals surface area contributed by atoms with Crippen LogP contribution >= 0.6 is 15.9 Å². The smallest absolute Gasteiger partial charge is 0.246 e. The summed E-state index contributed by atoms with van der Waals surface area (Å²) in [5.41, 5.74) is 5.98. The highest BCUT2D eigenvalue weighted by molar-refractivity contribution is 9.10. The fourth-order valence-electron chi connectivity index (χ4n) is 2.45. The van der Waals surface area contributed by atoms with Gasteiger partial charge in [-0.25, -0.2) is 14.6 Å². The van der Waals surface area contributed by atoms with Crippen LogP contribution in [0, 0.1) is 0 Å². The predicted octanol–water partition coefficient (Wildman–Crippen LogP) is 0.571. The molecule has 1 fully saturated rings. The lowest BCUT2D eigenvalue weighted by Gasteiger charge is -2.13. The minimum Gasteiger partial charge on any atom is -0.367 e. The molecule has 21 heavy (non-hydrogen) atoms. The van der Waals surface area contributed by atoms with Crippen molar-refractivity contribution in [2.75, 3.05) is 11.9 Å². The molecule has 0 saturated carbocycles. The molecule has 9 heteroatoms. The van der Waals surface area contributed by atoms with Gasteiger partial charge in [-0.3, -0.25) is 4.79 Å². The molecule has 2 aromatic heterocycles. The number of fused-ring (bicyclic) bond motifs is 1. The summed E-state index contributed by atoms with van der Waals surface area (Å²) in [5.74, 6) is 0.281. The van der Waals surface area contributed by atoms with Gasteiger partial charge in [0.1, 0.15) is 22.9 Å². The van der Waals surface area contributed by atoms with Crippen molar-refractivity contribution in [3.05, 3.63) is 10.9 Å². The van der Waals surface area contributed by atoms with Gasteiger partial charge in [0.2, 0.25) is 5.91 Å². The van der Waals surface area contributed by atoms with Gasteiger partial charge in [0.05, 0.1) is 11.5 Å². The number of carbonyl (C=O) groups is 1. The topological polar surface area (TPSA) is 108 Å². The van der Waals surface area contributed by atoms with E-state index in [1.54, 1.807) is 4.68 Å². The zero-order valence-electron chi connectivity index (χ0n) is 11.4. The van der Waals surface area contributed by atoms with E-state index < -0.39 is 12.0 Å². The normalized spacial score (nSPS) is 21.8. The third kappa shape index (κ3) is 2.70. The molecule has 0 bridgehead atoms. The van der Waals surface area contributed by atoms with Crippen LogP contribution in [0.25, 0.3) is 11.0 Å². The van der Waals surface area contributed by atoms with E-state index in [9.17, 15) is 4.79 Å². The molecule has 1 amide bonds. The van der Waals surface area contributed by atoms with Gasteiger partial charge in [0, 0.05) is 13.6 Å². The molecule has 112 valence electrons. The Morgan fingerprint density at radius 1 is 1.57 bits per heavy atom.